The van der Waals surface area contributed by atoms with Gasteiger partial charge in [0.15, 0.2) is 11.5 Å². The number of para-hydroxylation sites is 2. The minimum absolute atomic E-state index is 0.0572. The maximum Gasteiger partial charge on any atom is 0.249 e. The maximum atomic E-state index is 6.01. The predicted molar refractivity (Wildman–Crippen MR) is 122 cm³/mol. The van der Waals surface area contributed by atoms with Gasteiger partial charge in [-0.25, -0.2) is 0 Å². The Kier molecular flexibility index (Phi) is 8.25. The zero-order chi connectivity index (χ0) is 20.3. The molecule has 1 atom stereocenters. The molecule has 0 saturated carbocycles. The van der Waals surface area contributed by atoms with E-state index in [0.29, 0.717) is 20.1 Å². The molecule has 0 aliphatic heterocycles. The van der Waals surface area contributed by atoms with Crippen LogP contribution >= 0.6 is 17.6 Å². The van der Waals surface area contributed by atoms with Crippen LogP contribution in [-0.4, -0.2) is 0 Å². The zero-order valence-corrected chi connectivity index (χ0v) is 18.1. The lowest BCUT2D eigenvalue weighted by Crippen LogP contribution is -1.90. The van der Waals surface area contributed by atoms with Crippen LogP contribution in [0.25, 0.3) is 0 Å². The van der Waals surface area contributed by atoms with Crippen molar-refractivity contribution in [2.24, 2.45) is 4.52 Å². The van der Waals surface area contributed by atoms with Gasteiger partial charge in [0.1, 0.15) is 11.5 Å². The molecular formula is C23H23NO3P2. The van der Waals surface area contributed by atoms with E-state index in [1.165, 1.54) is 5.56 Å². The Hall–Kier alpha value is -2.67. The van der Waals surface area contributed by atoms with E-state index in [1.54, 1.807) is 0 Å². The summed E-state index contributed by atoms with van der Waals surface area (Å²) in [6.45, 7) is 5.89. The fraction of sp³-hybridized carbons (Fsp3) is 0.130. The molecule has 0 N–H and O–H groups in total. The Labute approximate surface area is 175 Å². The Balaban J connectivity index is 1.63. The first-order chi connectivity index (χ1) is 14.3. The van der Waals surface area contributed by atoms with Crippen molar-refractivity contribution in [3.63, 3.8) is 0 Å². The first kappa shape index (κ1) is 21.0. The topological polar surface area (TPSA) is 40.0 Å². The molecule has 3 rings (SSSR count). The third-order valence-electron chi connectivity index (χ3n) is 4.10. The Morgan fingerprint density at radius 3 is 2.55 bits per heavy atom. The zero-order valence-electron chi connectivity index (χ0n) is 16.2. The van der Waals surface area contributed by atoms with Crippen LogP contribution in [0.1, 0.15) is 18.1 Å². The van der Waals surface area contributed by atoms with Gasteiger partial charge in [-0.2, -0.15) is 4.52 Å². The molecule has 0 amide bonds. The normalized spacial score (nSPS) is 11.1. The van der Waals surface area contributed by atoms with Gasteiger partial charge in [0.25, 0.3) is 0 Å². The van der Waals surface area contributed by atoms with Crippen LogP contribution < -0.4 is 13.8 Å². The quantitative estimate of drug-likeness (QED) is 0.247. The van der Waals surface area contributed by atoms with Crippen molar-refractivity contribution >= 4 is 17.6 Å². The fourth-order valence-electron chi connectivity index (χ4n) is 2.62. The summed E-state index contributed by atoms with van der Waals surface area (Å²) >= 11 is 0. The van der Waals surface area contributed by atoms with Crippen molar-refractivity contribution in [3.05, 3.63) is 96.6 Å². The van der Waals surface area contributed by atoms with Gasteiger partial charge in [0, 0.05) is 0 Å². The van der Waals surface area contributed by atoms with E-state index in [9.17, 15) is 0 Å². The molecule has 3 aromatic rings. The van der Waals surface area contributed by atoms with Gasteiger partial charge in [-0.05, 0) is 54.3 Å². The molecule has 3 aromatic carbocycles. The highest BCUT2D eigenvalue weighted by molar-refractivity contribution is 7.39. The summed E-state index contributed by atoms with van der Waals surface area (Å²) in [4.78, 5) is 0. The van der Waals surface area contributed by atoms with E-state index in [0.717, 1.165) is 29.9 Å². The van der Waals surface area contributed by atoms with Crippen molar-refractivity contribution in [2.45, 2.75) is 19.8 Å². The van der Waals surface area contributed by atoms with Crippen LogP contribution in [-0.2, 0) is 12.8 Å². The van der Waals surface area contributed by atoms with Crippen LogP contribution in [0.4, 0.5) is 0 Å². The smallest absolute Gasteiger partial charge is 0.249 e. The van der Waals surface area contributed by atoms with Crippen molar-refractivity contribution in [2.75, 3.05) is 0 Å². The summed E-state index contributed by atoms with van der Waals surface area (Å²) in [7, 11) is 0.403. The lowest BCUT2D eigenvalue weighted by molar-refractivity contribution is 0.457. The van der Waals surface area contributed by atoms with Crippen molar-refractivity contribution in [1.82, 2.24) is 0 Å². The fourth-order valence-corrected chi connectivity index (χ4v) is 3.62. The number of rotatable bonds is 10. The summed E-state index contributed by atoms with van der Waals surface area (Å²) < 4.78 is 21.9. The van der Waals surface area contributed by atoms with E-state index in [2.05, 4.69) is 18.0 Å². The summed E-state index contributed by atoms with van der Waals surface area (Å²) in [5, 5.41) is 0. The minimum Gasteiger partial charge on any atom is -0.453 e. The van der Waals surface area contributed by atoms with Crippen molar-refractivity contribution in [1.29, 1.82) is 0 Å². The second-order valence-corrected chi connectivity index (χ2v) is 7.65. The van der Waals surface area contributed by atoms with E-state index >= 15 is 0 Å². The Morgan fingerprint density at radius 1 is 0.966 bits per heavy atom. The van der Waals surface area contributed by atoms with E-state index in [1.807, 2.05) is 78.9 Å². The van der Waals surface area contributed by atoms with Gasteiger partial charge in [-0.1, -0.05) is 55.5 Å². The van der Waals surface area contributed by atoms with Crippen molar-refractivity contribution < 1.29 is 13.8 Å². The molecule has 29 heavy (non-hydrogen) atoms. The molecule has 0 aliphatic rings. The van der Waals surface area contributed by atoms with Crippen LogP contribution in [0.3, 0.4) is 0 Å². The highest BCUT2D eigenvalue weighted by atomic mass is 31.1. The molecule has 148 valence electrons. The van der Waals surface area contributed by atoms with Gasteiger partial charge in [0.2, 0.25) is 17.6 Å². The number of benzene rings is 3. The minimum atomic E-state index is -0.0572. The Bertz CT molecular complexity index is 961. The summed E-state index contributed by atoms with van der Waals surface area (Å²) in [6, 6.07) is 23.5. The SMILES string of the molecule is C=CCc1ccccc1OPN=POc1ccc(CC)cc1Oc1ccccc1. The molecule has 0 fully saturated rings. The van der Waals surface area contributed by atoms with Crippen LogP contribution in [0.5, 0.6) is 23.0 Å². The summed E-state index contributed by atoms with van der Waals surface area (Å²) in [5.41, 5.74) is 2.28. The molecule has 4 nitrogen and oxygen atoms in total. The maximum absolute atomic E-state index is 6.01. The number of aryl methyl sites for hydroxylation is 1. The lowest BCUT2D eigenvalue weighted by atomic mass is 10.1. The van der Waals surface area contributed by atoms with Gasteiger partial charge >= 0.3 is 0 Å². The van der Waals surface area contributed by atoms with Gasteiger partial charge in [-0.3, -0.25) is 0 Å². The second kappa shape index (κ2) is 11.4. The molecule has 0 bridgehead atoms. The molecule has 6 heteroatoms. The monoisotopic (exact) mass is 423 g/mol. The molecular weight excluding hydrogens is 400 g/mol. The lowest BCUT2D eigenvalue weighted by Gasteiger charge is -2.11. The van der Waals surface area contributed by atoms with Gasteiger partial charge < -0.3 is 13.8 Å². The standard InChI is InChI=1S/C23H23NO3P2/c1-3-10-19-11-8-9-14-21(19)26-28-24-29-27-22-16-15-18(4-2)17-23(22)25-20-12-6-5-7-13-20/h3,5-9,11-17,28H,1,4,10H2,2H3. The van der Waals surface area contributed by atoms with Crippen LogP contribution in [0.2, 0.25) is 0 Å². The molecule has 0 radical (unpaired) electrons. The molecule has 0 aliphatic carbocycles. The first-order valence-corrected chi connectivity index (χ1v) is 11.0. The average molecular weight is 423 g/mol. The highest BCUT2D eigenvalue weighted by Gasteiger charge is 2.08. The summed E-state index contributed by atoms with van der Waals surface area (Å²) in [6.07, 6.45) is 3.55. The first-order valence-electron chi connectivity index (χ1n) is 9.33. The summed E-state index contributed by atoms with van der Waals surface area (Å²) in [5.74, 6) is 2.92. The highest BCUT2D eigenvalue weighted by Crippen LogP contribution is 2.36. The number of hydrogen-bond acceptors (Lipinski definition) is 4. The van der Waals surface area contributed by atoms with Crippen molar-refractivity contribution in [3.8, 4) is 23.0 Å². The van der Waals surface area contributed by atoms with Crippen LogP contribution in [0, 0.1) is 0 Å². The number of allylic oxidation sites excluding steroid dienone is 1. The second-order valence-electron chi connectivity index (χ2n) is 6.12. The largest absolute Gasteiger partial charge is 0.453 e. The van der Waals surface area contributed by atoms with Gasteiger partial charge in [-0.15, -0.1) is 6.58 Å². The molecule has 0 spiro atoms. The van der Waals surface area contributed by atoms with E-state index in [-0.39, 0.29) is 8.96 Å². The molecule has 0 saturated heterocycles. The van der Waals surface area contributed by atoms with E-state index in [4.69, 9.17) is 13.8 Å². The average Bonchev–Trinajstić information content (AvgIpc) is 2.76. The Morgan fingerprint density at radius 2 is 1.76 bits per heavy atom. The number of ether oxygens (including phenoxy) is 1. The van der Waals surface area contributed by atoms with E-state index < -0.39 is 0 Å². The number of hydrogen-bond donors (Lipinski definition) is 0. The predicted octanol–water partition coefficient (Wildman–Crippen LogP) is 7.78. The number of nitrogens with zero attached hydrogens (tertiary/aromatic N) is 1. The third-order valence-corrected chi connectivity index (χ3v) is 5.34. The van der Waals surface area contributed by atoms with Crippen LogP contribution in [0.15, 0.2) is 90.0 Å². The molecule has 0 aromatic heterocycles. The third kappa shape index (κ3) is 6.42. The molecule has 1 unspecified atom stereocenters. The van der Waals surface area contributed by atoms with Gasteiger partial charge in [0.05, 0.1) is 0 Å². The molecule has 0 heterocycles.